The van der Waals surface area contributed by atoms with Gasteiger partial charge >= 0.3 is 6.09 Å². The summed E-state index contributed by atoms with van der Waals surface area (Å²) in [6, 6.07) is 14.3. The molecule has 0 saturated carbocycles. The van der Waals surface area contributed by atoms with Crippen molar-refractivity contribution in [1.82, 2.24) is 9.80 Å². The van der Waals surface area contributed by atoms with Gasteiger partial charge in [0.05, 0.1) is 0 Å². The first-order valence-corrected chi connectivity index (χ1v) is 12.3. The van der Waals surface area contributed by atoms with Crippen LogP contribution in [0.2, 0.25) is 0 Å². The van der Waals surface area contributed by atoms with Crippen LogP contribution in [0.5, 0.6) is 0 Å². The molecule has 2 aromatic carbocycles. The van der Waals surface area contributed by atoms with Crippen LogP contribution in [0.1, 0.15) is 61.2 Å². The van der Waals surface area contributed by atoms with Crippen molar-refractivity contribution < 1.29 is 14.3 Å². The second kappa shape index (κ2) is 10.9. The van der Waals surface area contributed by atoms with E-state index in [4.69, 9.17) is 4.74 Å². The predicted octanol–water partition coefficient (Wildman–Crippen LogP) is 5.41. The molecule has 0 bridgehead atoms. The third-order valence-electron chi connectivity index (χ3n) is 6.14. The average molecular weight is 466 g/mol. The fourth-order valence-electron chi connectivity index (χ4n) is 4.24. The lowest BCUT2D eigenvalue weighted by Crippen LogP contribution is -2.50. The second-order valence-electron chi connectivity index (χ2n) is 10.1. The summed E-state index contributed by atoms with van der Waals surface area (Å²) in [5.74, 6) is 0.0731. The van der Waals surface area contributed by atoms with E-state index in [1.807, 2.05) is 56.9 Å². The maximum Gasteiger partial charge on any atom is 0.410 e. The molecule has 0 aromatic heterocycles. The van der Waals surface area contributed by atoms with E-state index in [-0.39, 0.29) is 12.0 Å². The van der Waals surface area contributed by atoms with Gasteiger partial charge in [-0.25, -0.2) is 4.79 Å². The number of hydrogen-bond acceptors (Lipinski definition) is 4. The number of anilines is 1. The van der Waals surface area contributed by atoms with E-state index in [2.05, 4.69) is 36.9 Å². The maximum absolute atomic E-state index is 13.4. The molecular weight excluding hydrogens is 426 g/mol. The van der Waals surface area contributed by atoms with Crippen LogP contribution in [-0.2, 0) is 11.3 Å². The Kier molecular flexibility index (Phi) is 8.24. The van der Waals surface area contributed by atoms with E-state index in [1.54, 1.807) is 4.90 Å². The Labute approximate surface area is 204 Å². The molecular formula is C28H39N3O3. The van der Waals surface area contributed by atoms with Gasteiger partial charge in [0.2, 0.25) is 0 Å². The van der Waals surface area contributed by atoms with Gasteiger partial charge in [-0.1, -0.05) is 31.2 Å². The lowest BCUT2D eigenvalue weighted by molar-refractivity contribution is 0.0240. The number of piperazine rings is 1. The van der Waals surface area contributed by atoms with E-state index >= 15 is 0 Å². The van der Waals surface area contributed by atoms with E-state index in [9.17, 15) is 9.59 Å². The lowest BCUT2D eigenvalue weighted by Gasteiger charge is -2.37. The quantitative estimate of drug-likeness (QED) is 0.572. The Hall–Kier alpha value is -3.02. The van der Waals surface area contributed by atoms with Crippen LogP contribution in [0.25, 0.3) is 0 Å². The highest BCUT2D eigenvalue weighted by Gasteiger charge is 2.26. The van der Waals surface area contributed by atoms with Gasteiger partial charge in [0, 0.05) is 50.5 Å². The highest BCUT2D eigenvalue weighted by molar-refractivity contribution is 5.96. The molecule has 0 N–H and O–H groups in total. The smallest absolute Gasteiger partial charge is 0.410 e. The average Bonchev–Trinajstić information content (AvgIpc) is 2.78. The third kappa shape index (κ3) is 6.52. The highest BCUT2D eigenvalue weighted by Crippen LogP contribution is 2.23. The Morgan fingerprint density at radius 3 is 2.24 bits per heavy atom. The van der Waals surface area contributed by atoms with E-state index in [0.29, 0.717) is 19.6 Å². The molecule has 1 aliphatic rings. The molecule has 1 heterocycles. The summed E-state index contributed by atoms with van der Waals surface area (Å²) in [6.07, 6.45) is 0.658. The first-order valence-electron chi connectivity index (χ1n) is 12.3. The van der Waals surface area contributed by atoms with Crippen LogP contribution in [0.15, 0.2) is 42.5 Å². The van der Waals surface area contributed by atoms with Gasteiger partial charge in [-0.2, -0.15) is 0 Å². The first kappa shape index (κ1) is 25.6. The van der Waals surface area contributed by atoms with E-state index in [1.165, 1.54) is 11.1 Å². The topological polar surface area (TPSA) is 53.1 Å². The Morgan fingerprint density at radius 2 is 1.65 bits per heavy atom. The number of ether oxygens (including phenoxy) is 1. The number of carbonyl (C=O) groups excluding carboxylic acids is 2. The van der Waals surface area contributed by atoms with E-state index < -0.39 is 5.60 Å². The maximum atomic E-state index is 13.4. The normalized spacial score (nSPS) is 14.2. The summed E-state index contributed by atoms with van der Waals surface area (Å²) in [5.41, 5.74) is 4.70. The van der Waals surface area contributed by atoms with Crippen molar-refractivity contribution in [3.8, 4) is 0 Å². The summed E-state index contributed by atoms with van der Waals surface area (Å²) in [5, 5.41) is 0. The summed E-state index contributed by atoms with van der Waals surface area (Å²) >= 11 is 0. The lowest BCUT2D eigenvalue weighted by atomic mass is 10.0. The van der Waals surface area contributed by atoms with Crippen molar-refractivity contribution in [2.45, 2.75) is 60.1 Å². The van der Waals surface area contributed by atoms with E-state index in [0.717, 1.165) is 42.9 Å². The summed E-state index contributed by atoms with van der Waals surface area (Å²) in [4.78, 5) is 31.8. The van der Waals surface area contributed by atoms with Crippen molar-refractivity contribution in [3.63, 3.8) is 0 Å². The fourth-order valence-corrected chi connectivity index (χ4v) is 4.24. The molecule has 6 nitrogen and oxygen atoms in total. The minimum atomic E-state index is -0.488. The van der Waals surface area contributed by atoms with Crippen molar-refractivity contribution >= 4 is 17.7 Å². The molecule has 0 spiro atoms. The molecule has 184 valence electrons. The summed E-state index contributed by atoms with van der Waals surface area (Å²) in [7, 11) is 0. The molecule has 2 amide bonds. The van der Waals surface area contributed by atoms with Gasteiger partial charge in [-0.15, -0.1) is 0 Å². The zero-order valence-corrected chi connectivity index (χ0v) is 21.6. The van der Waals surface area contributed by atoms with Crippen LogP contribution in [-0.4, -0.2) is 60.1 Å². The van der Waals surface area contributed by atoms with Gasteiger partial charge in [0.25, 0.3) is 5.91 Å². The number of hydrogen-bond donors (Lipinski definition) is 0. The fraction of sp³-hybridized carbons (Fsp3) is 0.500. The predicted molar refractivity (Wildman–Crippen MR) is 137 cm³/mol. The molecule has 6 heteroatoms. The largest absolute Gasteiger partial charge is 0.444 e. The van der Waals surface area contributed by atoms with Gasteiger partial charge in [-0.3, -0.25) is 4.79 Å². The van der Waals surface area contributed by atoms with Gasteiger partial charge < -0.3 is 19.4 Å². The Bertz CT molecular complexity index is 1000. The second-order valence-corrected chi connectivity index (χ2v) is 10.1. The van der Waals surface area contributed by atoms with Gasteiger partial charge in [-0.05, 0) is 75.9 Å². The minimum absolute atomic E-state index is 0.0731. The van der Waals surface area contributed by atoms with Crippen molar-refractivity contribution in [2.24, 2.45) is 0 Å². The number of nitrogens with zero attached hydrogens (tertiary/aromatic N) is 3. The minimum Gasteiger partial charge on any atom is -0.444 e. The number of carbonyl (C=O) groups is 2. The molecule has 0 aliphatic carbocycles. The van der Waals surface area contributed by atoms with Crippen molar-refractivity contribution in [1.29, 1.82) is 0 Å². The SMILES string of the molecule is CCCN(Cc1ccccc1C)C(=O)c1ccc(N2CCN(C(=O)OC(C)(C)C)CC2)cc1C. The Balaban J connectivity index is 1.67. The Morgan fingerprint density at radius 1 is 0.971 bits per heavy atom. The van der Waals surface area contributed by atoms with Crippen LogP contribution in [0.4, 0.5) is 10.5 Å². The summed E-state index contributed by atoms with van der Waals surface area (Å²) < 4.78 is 5.50. The molecule has 0 atom stereocenters. The number of amides is 2. The molecule has 1 aliphatic heterocycles. The molecule has 1 saturated heterocycles. The zero-order valence-electron chi connectivity index (χ0n) is 21.6. The number of benzene rings is 2. The van der Waals surface area contributed by atoms with Crippen LogP contribution in [0, 0.1) is 13.8 Å². The van der Waals surface area contributed by atoms with Crippen LogP contribution in [0.3, 0.4) is 0 Å². The number of rotatable bonds is 6. The number of aryl methyl sites for hydroxylation is 2. The highest BCUT2D eigenvalue weighted by atomic mass is 16.6. The molecule has 0 radical (unpaired) electrons. The summed E-state index contributed by atoms with van der Waals surface area (Å²) in [6.45, 7) is 15.9. The van der Waals surface area contributed by atoms with Crippen LogP contribution < -0.4 is 4.90 Å². The van der Waals surface area contributed by atoms with Gasteiger partial charge in [0.15, 0.2) is 0 Å². The first-order chi connectivity index (χ1) is 16.1. The molecule has 2 aromatic rings. The van der Waals surface area contributed by atoms with Crippen molar-refractivity contribution in [3.05, 3.63) is 64.7 Å². The third-order valence-corrected chi connectivity index (χ3v) is 6.14. The molecule has 1 fully saturated rings. The standard InChI is InChI=1S/C28H39N3O3/c1-7-14-31(20-23-11-9-8-10-21(23)2)26(32)25-13-12-24(19-22(25)3)29-15-17-30(18-16-29)27(33)34-28(4,5)6/h8-13,19H,7,14-18,20H2,1-6H3. The molecule has 3 rings (SSSR count). The molecule has 34 heavy (non-hydrogen) atoms. The monoisotopic (exact) mass is 465 g/mol. The van der Waals surface area contributed by atoms with Gasteiger partial charge in [0.1, 0.15) is 5.60 Å². The zero-order chi connectivity index (χ0) is 24.9. The van der Waals surface area contributed by atoms with Crippen molar-refractivity contribution in [2.75, 3.05) is 37.6 Å². The van der Waals surface area contributed by atoms with Crippen LogP contribution >= 0.6 is 0 Å². The molecule has 0 unspecified atom stereocenters.